The SMILES string of the molecule is CC(CNC(=O)CCCNC(=O)c1ccc(F)cc1F)CN1CCCCC1. The lowest BCUT2D eigenvalue weighted by molar-refractivity contribution is -0.121. The van der Waals surface area contributed by atoms with E-state index < -0.39 is 17.5 Å². The van der Waals surface area contributed by atoms with E-state index in [1.807, 2.05) is 0 Å². The van der Waals surface area contributed by atoms with Gasteiger partial charge in [0, 0.05) is 32.1 Å². The molecule has 0 spiro atoms. The van der Waals surface area contributed by atoms with Crippen molar-refractivity contribution in [3.63, 3.8) is 0 Å². The van der Waals surface area contributed by atoms with E-state index in [1.165, 1.54) is 19.3 Å². The fourth-order valence-corrected chi connectivity index (χ4v) is 3.24. The molecule has 1 atom stereocenters. The van der Waals surface area contributed by atoms with Gasteiger partial charge in [-0.3, -0.25) is 9.59 Å². The standard InChI is InChI=1S/C20H29F2N3O2/c1-15(14-25-10-3-2-4-11-25)13-24-19(26)6-5-9-23-20(27)17-8-7-16(21)12-18(17)22/h7-8,12,15H,2-6,9-11,13-14H2,1H3,(H,23,27)(H,24,26). The summed E-state index contributed by atoms with van der Waals surface area (Å²) in [6.07, 6.45) is 4.58. The van der Waals surface area contributed by atoms with Crippen molar-refractivity contribution in [2.75, 3.05) is 32.7 Å². The predicted octanol–water partition coefficient (Wildman–Crippen LogP) is 2.71. The van der Waals surface area contributed by atoms with Crippen LogP contribution in [0.1, 0.15) is 49.4 Å². The summed E-state index contributed by atoms with van der Waals surface area (Å²) in [4.78, 5) is 26.2. The molecule has 2 amide bonds. The van der Waals surface area contributed by atoms with Gasteiger partial charge in [-0.25, -0.2) is 8.78 Å². The van der Waals surface area contributed by atoms with Gasteiger partial charge in [-0.05, 0) is 50.4 Å². The molecule has 150 valence electrons. The zero-order valence-electron chi connectivity index (χ0n) is 15.9. The van der Waals surface area contributed by atoms with Gasteiger partial charge in [-0.2, -0.15) is 0 Å². The minimum Gasteiger partial charge on any atom is -0.356 e. The minimum atomic E-state index is -0.895. The van der Waals surface area contributed by atoms with Crippen LogP contribution in [0.3, 0.4) is 0 Å². The van der Waals surface area contributed by atoms with E-state index in [2.05, 4.69) is 22.5 Å². The summed E-state index contributed by atoms with van der Waals surface area (Å²) in [5, 5.41) is 5.47. The van der Waals surface area contributed by atoms with Crippen molar-refractivity contribution in [1.29, 1.82) is 0 Å². The first-order chi connectivity index (χ1) is 13.0. The smallest absolute Gasteiger partial charge is 0.254 e. The quantitative estimate of drug-likeness (QED) is 0.647. The van der Waals surface area contributed by atoms with Crippen LogP contribution in [-0.4, -0.2) is 49.4 Å². The molecular formula is C20H29F2N3O2. The molecule has 1 unspecified atom stereocenters. The second-order valence-electron chi connectivity index (χ2n) is 7.25. The number of likely N-dealkylation sites (tertiary alicyclic amines) is 1. The fraction of sp³-hybridized carbons (Fsp3) is 0.600. The van der Waals surface area contributed by atoms with Crippen molar-refractivity contribution in [3.05, 3.63) is 35.4 Å². The molecule has 5 nitrogen and oxygen atoms in total. The van der Waals surface area contributed by atoms with Gasteiger partial charge in [-0.1, -0.05) is 13.3 Å². The average Bonchev–Trinajstić information content (AvgIpc) is 2.64. The highest BCUT2D eigenvalue weighted by molar-refractivity contribution is 5.94. The summed E-state index contributed by atoms with van der Waals surface area (Å²) in [5.41, 5.74) is -0.201. The van der Waals surface area contributed by atoms with Crippen LogP contribution in [0, 0.1) is 17.6 Å². The molecule has 1 heterocycles. The second-order valence-corrected chi connectivity index (χ2v) is 7.25. The number of halogens is 2. The molecule has 2 rings (SSSR count). The number of benzene rings is 1. The number of nitrogens with zero attached hydrogens (tertiary/aromatic N) is 1. The Kier molecular flexibility index (Phi) is 8.64. The molecule has 27 heavy (non-hydrogen) atoms. The highest BCUT2D eigenvalue weighted by atomic mass is 19.1. The van der Waals surface area contributed by atoms with Crippen molar-refractivity contribution in [1.82, 2.24) is 15.5 Å². The van der Waals surface area contributed by atoms with Crippen molar-refractivity contribution in [3.8, 4) is 0 Å². The Morgan fingerprint density at radius 1 is 1.15 bits per heavy atom. The molecule has 0 aliphatic carbocycles. The lowest BCUT2D eigenvalue weighted by atomic mass is 10.1. The van der Waals surface area contributed by atoms with Gasteiger partial charge in [-0.15, -0.1) is 0 Å². The number of rotatable bonds is 9. The molecule has 0 aromatic heterocycles. The first kappa shape index (κ1) is 21.3. The number of hydrogen-bond acceptors (Lipinski definition) is 3. The maximum atomic E-state index is 13.5. The van der Waals surface area contributed by atoms with Gasteiger partial charge < -0.3 is 15.5 Å². The number of nitrogens with one attached hydrogen (secondary N) is 2. The zero-order valence-corrected chi connectivity index (χ0v) is 15.9. The number of piperidine rings is 1. The van der Waals surface area contributed by atoms with Gasteiger partial charge in [0.15, 0.2) is 0 Å². The van der Waals surface area contributed by atoms with Crippen LogP contribution >= 0.6 is 0 Å². The molecule has 0 saturated carbocycles. The Bertz CT molecular complexity index is 634. The van der Waals surface area contributed by atoms with Crippen molar-refractivity contribution in [2.24, 2.45) is 5.92 Å². The van der Waals surface area contributed by atoms with Crippen LogP contribution in [0.2, 0.25) is 0 Å². The molecule has 1 aromatic carbocycles. The van der Waals surface area contributed by atoms with E-state index in [-0.39, 0.29) is 18.0 Å². The highest BCUT2D eigenvalue weighted by Gasteiger charge is 2.14. The molecule has 1 aliphatic heterocycles. The fourth-order valence-electron chi connectivity index (χ4n) is 3.24. The van der Waals surface area contributed by atoms with Crippen LogP contribution in [0.5, 0.6) is 0 Å². The summed E-state index contributed by atoms with van der Waals surface area (Å²) in [7, 11) is 0. The monoisotopic (exact) mass is 381 g/mol. The Morgan fingerprint density at radius 3 is 2.59 bits per heavy atom. The van der Waals surface area contributed by atoms with Crippen LogP contribution in [0.15, 0.2) is 18.2 Å². The lowest BCUT2D eigenvalue weighted by Gasteiger charge is -2.29. The molecule has 2 N–H and O–H groups in total. The summed E-state index contributed by atoms with van der Waals surface area (Å²) in [6.45, 7) is 6.32. The van der Waals surface area contributed by atoms with Crippen LogP contribution in [-0.2, 0) is 4.79 Å². The highest BCUT2D eigenvalue weighted by Crippen LogP contribution is 2.11. The van der Waals surface area contributed by atoms with E-state index in [1.54, 1.807) is 0 Å². The number of carbonyl (C=O) groups is 2. The molecule has 1 aliphatic rings. The molecule has 0 radical (unpaired) electrons. The Morgan fingerprint density at radius 2 is 1.89 bits per heavy atom. The van der Waals surface area contributed by atoms with Crippen LogP contribution < -0.4 is 10.6 Å². The summed E-state index contributed by atoms with van der Waals surface area (Å²) in [6, 6.07) is 2.82. The average molecular weight is 381 g/mol. The normalized spacial score (nSPS) is 16.0. The first-order valence-corrected chi connectivity index (χ1v) is 9.68. The lowest BCUT2D eigenvalue weighted by Crippen LogP contribution is -2.38. The number of hydrogen-bond donors (Lipinski definition) is 2. The minimum absolute atomic E-state index is 0.0531. The third kappa shape index (κ3) is 7.62. The molecule has 7 heteroatoms. The summed E-state index contributed by atoms with van der Waals surface area (Å²) < 4.78 is 26.4. The van der Waals surface area contributed by atoms with E-state index in [0.29, 0.717) is 31.4 Å². The predicted molar refractivity (Wildman–Crippen MR) is 100 cm³/mol. The second kappa shape index (κ2) is 11.0. The Hall–Kier alpha value is -2.02. The maximum absolute atomic E-state index is 13.5. The number of carbonyl (C=O) groups excluding carboxylic acids is 2. The van der Waals surface area contributed by atoms with Gasteiger partial charge in [0.05, 0.1) is 5.56 Å². The molecule has 1 fully saturated rings. The Balaban J connectivity index is 1.58. The third-order valence-electron chi connectivity index (χ3n) is 4.71. The molecule has 0 bridgehead atoms. The van der Waals surface area contributed by atoms with Crippen molar-refractivity contribution < 1.29 is 18.4 Å². The van der Waals surface area contributed by atoms with Gasteiger partial charge in [0.2, 0.25) is 5.91 Å². The topological polar surface area (TPSA) is 61.4 Å². The number of amides is 2. The van der Waals surface area contributed by atoms with E-state index in [4.69, 9.17) is 0 Å². The third-order valence-corrected chi connectivity index (χ3v) is 4.71. The molecule has 1 saturated heterocycles. The molecular weight excluding hydrogens is 352 g/mol. The largest absolute Gasteiger partial charge is 0.356 e. The van der Waals surface area contributed by atoms with Crippen LogP contribution in [0.4, 0.5) is 8.78 Å². The van der Waals surface area contributed by atoms with E-state index in [0.717, 1.165) is 31.8 Å². The van der Waals surface area contributed by atoms with E-state index in [9.17, 15) is 18.4 Å². The van der Waals surface area contributed by atoms with Gasteiger partial charge >= 0.3 is 0 Å². The van der Waals surface area contributed by atoms with Gasteiger partial charge in [0.1, 0.15) is 11.6 Å². The maximum Gasteiger partial charge on any atom is 0.254 e. The summed E-state index contributed by atoms with van der Waals surface area (Å²) >= 11 is 0. The summed E-state index contributed by atoms with van der Waals surface area (Å²) in [5.74, 6) is -1.89. The van der Waals surface area contributed by atoms with Crippen LogP contribution in [0.25, 0.3) is 0 Å². The zero-order chi connectivity index (χ0) is 19.6. The van der Waals surface area contributed by atoms with Gasteiger partial charge in [0.25, 0.3) is 5.91 Å². The van der Waals surface area contributed by atoms with E-state index >= 15 is 0 Å². The van der Waals surface area contributed by atoms with Crippen molar-refractivity contribution >= 4 is 11.8 Å². The van der Waals surface area contributed by atoms with Crippen molar-refractivity contribution in [2.45, 2.75) is 39.0 Å². The first-order valence-electron chi connectivity index (χ1n) is 9.68. The molecule has 1 aromatic rings. The Labute approximate surface area is 159 Å².